The van der Waals surface area contributed by atoms with Crippen LogP contribution in [0.15, 0.2) is 30.3 Å². The Bertz CT molecular complexity index is 582. The molecule has 1 saturated heterocycles. The van der Waals surface area contributed by atoms with Gasteiger partial charge in [0.1, 0.15) is 0 Å². The average Bonchev–Trinajstić information content (AvgIpc) is 2.44. The molecule has 0 radical (unpaired) electrons. The van der Waals surface area contributed by atoms with Gasteiger partial charge in [0.25, 0.3) is 0 Å². The normalized spacial score (nSPS) is 29.3. The minimum Gasteiger partial charge on any atom is -0.217 e. The molecule has 0 aliphatic carbocycles. The Hall–Kier alpha value is -1.26. The van der Waals surface area contributed by atoms with E-state index in [0.29, 0.717) is 12.1 Å². The Labute approximate surface area is 104 Å². The quantitative estimate of drug-likeness (QED) is 0.747. The smallest absolute Gasteiger partial charge is 0.217 e. The van der Waals surface area contributed by atoms with Gasteiger partial charge in [0, 0.05) is 5.56 Å². The molecule has 1 aliphatic heterocycles. The van der Waals surface area contributed by atoms with Gasteiger partial charge in [-0.3, -0.25) is 0 Å². The molecule has 1 aliphatic rings. The van der Waals surface area contributed by atoms with E-state index in [9.17, 15) is 30.4 Å². The van der Waals surface area contributed by atoms with Crippen LogP contribution in [0.1, 0.15) is 5.56 Å². The van der Waals surface area contributed by atoms with Crippen LogP contribution in [0, 0.1) is 0 Å². The van der Waals surface area contributed by atoms with E-state index < -0.39 is 33.8 Å². The highest BCUT2D eigenvalue weighted by Gasteiger charge is 2.80. The molecule has 2 rings (SSSR count). The van der Waals surface area contributed by atoms with Gasteiger partial charge in [-0.2, -0.15) is 34.6 Å². The van der Waals surface area contributed by atoms with Crippen molar-refractivity contribution in [3.8, 4) is 0 Å². The third-order valence-electron chi connectivity index (χ3n) is 2.42. The van der Waals surface area contributed by atoms with E-state index in [-0.39, 0.29) is 0 Å². The zero-order valence-electron chi connectivity index (χ0n) is 8.82. The first-order chi connectivity index (χ1) is 8.52. The monoisotopic (exact) mass is 304 g/mol. The van der Waals surface area contributed by atoms with Crippen molar-refractivity contribution in [3.63, 3.8) is 0 Å². The predicted octanol–water partition coefficient (Wildman–Crippen LogP) is 2.33. The van der Waals surface area contributed by atoms with Crippen molar-refractivity contribution in [1.82, 2.24) is 0 Å². The summed E-state index contributed by atoms with van der Waals surface area (Å²) in [6.45, 7) is 0. The lowest BCUT2D eigenvalue weighted by Gasteiger charge is -2.31. The molecule has 10 heteroatoms. The number of rotatable bonds is 1. The molecule has 0 spiro atoms. The predicted molar refractivity (Wildman–Crippen MR) is 50.2 cm³/mol. The number of halogens is 5. The van der Waals surface area contributed by atoms with Crippen LogP contribution in [0.3, 0.4) is 0 Å². The highest BCUT2D eigenvalue weighted by molar-refractivity contribution is 7.82. The van der Waals surface area contributed by atoms with E-state index in [2.05, 4.69) is 8.37 Å². The van der Waals surface area contributed by atoms with Gasteiger partial charge in [-0.25, -0.2) is 4.18 Å². The molecule has 4 nitrogen and oxygen atoms in total. The van der Waals surface area contributed by atoms with E-state index >= 15 is 0 Å². The molecule has 19 heavy (non-hydrogen) atoms. The molecule has 1 aromatic rings. The van der Waals surface area contributed by atoms with Gasteiger partial charge in [0.2, 0.25) is 0 Å². The van der Waals surface area contributed by atoms with Crippen LogP contribution >= 0.6 is 0 Å². The van der Waals surface area contributed by atoms with Crippen molar-refractivity contribution in [2.45, 2.75) is 17.9 Å². The lowest BCUT2D eigenvalue weighted by molar-refractivity contribution is -0.352. The molecule has 1 heterocycles. The fraction of sp³-hybridized carbons (Fsp3) is 0.333. The topological polar surface area (TPSA) is 52.6 Å². The van der Waals surface area contributed by atoms with Crippen LogP contribution in [0.25, 0.3) is 0 Å². The molecule has 0 amide bonds. The number of hydrogen-bond acceptors (Lipinski definition) is 4. The molecular formula is C9H5F5O4S. The second-order valence-corrected chi connectivity index (χ2v) is 4.79. The Balaban J connectivity index is 2.75. The van der Waals surface area contributed by atoms with Gasteiger partial charge in [-0.15, -0.1) is 0 Å². The Kier molecular flexibility index (Phi) is 2.88. The summed E-state index contributed by atoms with van der Waals surface area (Å²) in [5.41, 5.74) is -5.46. The summed E-state index contributed by atoms with van der Waals surface area (Å²) in [6, 6.07) is 4.69. The van der Waals surface area contributed by atoms with E-state index in [1.807, 2.05) is 0 Å². The maximum Gasteiger partial charge on any atom is 0.432 e. The number of benzene rings is 1. The molecule has 0 bridgehead atoms. The standard InChI is InChI=1S/C9H5F5O4S/c10-8(11,12)7(6-4-2-1-3-5-6)9(13,14)18-19(15,16)17-7/h1-5H. The fourth-order valence-electron chi connectivity index (χ4n) is 1.67. The van der Waals surface area contributed by atoms with Crippen molar-refractivity contribution >= 4 is 10.4 Å². The summed E-state index contributed by atoms with van der Waals surface area (Å²) < 4.78 is 94.4. The molecule has 1 atom stereocenters. The molecule has 0 aromatic heterocycles. The lowest BCUT2D eigenvalue weighted by Crippen LogP contribution is -2.54. The first-order valence-electron chi connectivity index (χ1n) is 4.68. The summed E-state index contributed by atoms with van der Waals surface area (Å²) in [7, 11) is -5.46. The van der Waals surface area contributed by atoms with Gasteiger partial charge < -0.3 is 0 Å². The van der Waals surface area contributed by atoms with Crippen LogP contribution < -0.4 is 0 Å². The van der Waals surface area contributed by atoms with Gasteiger partial charge in [-0.1, -0.05) is 30.3 Å². The lowest BCUT2D eigenvalue weighted by atomic mass is 9.92. The van der Waals surface area contributed by atoms with Crippen LogP contribution in [0.2, 0.25) is 0 Å². The number of hydrogen-bond donors (Lipinski definition) is 0. The first kappa shape index (κ1) is 14.2. The highest BCUT2D eigenvalue weighted by atomic mass is 32.3. The van der Waals surface area contributed by atoms with Gasteiger partial charge in [0.15, 0.2) is 0 Å². The van der Waals surface area contributed by atoms with E-state index in [1.165, 1.54) is 6.07 Å². The maximum atomic E-state index is 13.5. The number of alkyl halides is 5. The fourth-order valence-corrected chi connectivity index (χ4v) is 2.67. The highest BCUT2D eigenvalue weighted by Crippen LogP contribution is 2.57. The van der Waals surface area contributed by atoms with Crippen LogP contribution in [0.5, 0.6) is 0 Å². The van der Waals surface area contributed by atoms with E-state index in [1.54, 1.807) is 0 Å². The van der Waals surface area contributed by atoms with Crippen molar-refractivity contribution < 1.29 is 38.7 Å². The average molecular weight is 304 g/mol. The van der Waals surface area contributed by atoms with Crippen molar-refractivity contribution in [2.24, 2.45) is 0 Å². The van der Waals surface area contributed by atoms with Crippen LogP contribution in [0.4, 0.5) is 22.0 Å². The zero-order valence-corrected chi connectivity index (χ0v) is 9.63. The Morgan fingerprint density at radius 1 is 1.00 bits per heavy atom. The van der Waals surface area contributed by atoms with Crippen molar-refractivity contribution in [3.05, 3.63) is 35.9 Å². The second-order valence-electron chi connectivity index (χ2n) is 3.64. The van der Waals surface area contributed by atoms with Crippen molar-refractivity contribution in [1.29, 1.82) is 0 Å². The first-order valence-corrected chi connectivity index (χ1v) is 6.01. The minimum absolute atomic E-state index is 0.672. The summed E-state index contributed by atoms with van der Waals surface area (Å²) in [5.74, 6) is 0. The summed E-state index contributed by atoms with van der Waals surface area (Å²) in [4.78, 5) is 0. The molecule has 1 aromatic carbocycles. The summed E-state index contributed by atoms with van der Waals surface area (Å²) in [6.07, 6.45) is -10.8. The SMILES string of the molecule is O=S1(=O)OC(F)(F)C(c2ccccc2)(C(F)(F)F)O1. The maximum absolute atomic E-state index is 13.5. The van der Waals surface area contributed by atoms with Crippen LogP contribution in [-0.4, -0.2) is 20.7 Å². The molecular weight excluding hydrogens is 299 g/mol. The second kappa shape index (κ2) is 3.87. The summed E-state index contributed by atoms with van der Waals surface area (Å²) in [5, 5.41) is 0. The molecule has 0 saturated carbocycles. The van der Waals surface area contributed by atoms with Gasteiger partial charge in [0.05, 0.1) is 0 Å². The summed E-state index contributed by atoms with van der Waals surface area (Å²) >= 11 is 0. The third kappa shape index (κ3) is 1.99. The van der Waals surface area contributed by atoms with Gasteiger partial charge in [-0.05, 0) is 0 Å². The molecule has 1 unspecified atom stereocenters. The largest absolute Gasteiger partial charge is 0.432 e. The molecule has 106 valence electrons. The van der Waals surface area contributed by atoms with E-state index in [0.717, 1.165) is 12.1 Å². The van der Waals surface area contributed by atoms with Gasteiger partial charge >= 0.3 is 28.3 Å². The minimum atomic E-state index is -5.71. The van der Waals surface area contributed by atoms with E-state index in [4.69, 9.17) is 0 Å². The zero-order chi connectivity index (χ0) is 14.5. The Morgan fingerprint density at radius 2 is 1.53 bits per heavy atom. The third-order valence-corrected chi connectivity index (χ3v) is 3.29. The Morgan fingerprint density at radius 3 is 1.89 bits per heavy atom. The van der Waals surface area contributed by atoms with Crippen LogP contribution in [-0.2, 0) is 24.4 Å². The van der Waals surface area contributed by atoms with Crippen molar-refractivity contribution in [2.75, 3.05) is 0 Å². The molecule has 0 N–H and O–H groups in total. The molecule has 1 fully saturated rings.